The summed E-state index contributed by atoms with van der Waals surface area (Å²) in [6.45, 7) is 8.39. The molecule has 0 fully saturated rings. The Balaban J connectivity index is 1.77. The van der Waals surface area contributed by atoms with Crippen LogP contribution in [-0.4, -0.2) is 25.0 Å². The number of hydrogen-bond donors (Lipinski definition) is 2. The van der Waals surface area contributed by atoms with E-state index in [1.807, 2.05) is 13.8 Å². The minimum absolute atomic E-state index is 0.233. The lowest BCUT2D eigenvalue weighted by Gasteiger charge is -2.11. The van der Waals surface area contributed by atoms with Gasteiger partial charge in [-0.1, -0.05) is 25.4 Å². The van der Waals surface area contributed by atoms with Gasteiger partial charge < -0.3 is 9.47 Å². The minimum atomic E-state index is -0.475. The summed E-state index contributed by atoms with van der Waals surface area (Å²) < 4.78 is 11.1. The number of nitrogens with one attached hydrogen (secondary N) is 2. The Hall–Kier alpha value is -2.73. The van der Waals surface area contributed by atoms with Crippen LogP contribution >= 0.6 is 11.6 Å². The van der Waals surface area contributed by atoms with Crippen LogP contribution in [-0.2, 0) is 4.79 Å². The van der Waals surface area contributed by atoms with Crippen molar-refractivity contribution in [3.05, 3.63) is 58.1 Å². The van der Waals surface area contributed by atoms with Gasteiger partial charge >= 0.3 is 0 Å². The molecule has 0 aliphatic carbocycles. The Morgan fingerprint density at radius 2 is 1.59 bits per heavy atom. The van der Waals surface area contributed by atoms with Gasteiger partial charge in [0, 0.05) is 10.6 Å². The van der Waals surface area contributed by atoms with Crippen molar-refractivity contribution < 1.29 is 19.1 Å². The molecule has 7 heteroatoms. The lowest BCUT2D eigenvalue weighted by molar-refractivity contribution is -0.123. The Bertz CT molecular complexity index is 827. The zero-order valence-electron chi connectivity index (χ0n) is 17.2. The fourth-order valence-corrected chi connectivity index (χ4v) is 2.60. The molecule has 0 radical (unpaired) electrons. The van der Waals surface area contributed by atoms with E-state index >= 15 is 0 Å². The predicted molar refractivity (Wildman–Crippen MR) is 113 cm³/mol. The van der Waals surface area contributed by atoms with Gasteiger partial charge in [0.1, 0.15) is 11.5 Å². The number of hydrazine groups is 1. The molecule has 0 aromatic heterocycles. The molecule has 0 saturated carbocycles. The first kappa shape index (κ1) is 22.6. The number of hydrogen-bond acceptors (Lipinski definition) is 4. The number of carbonyl (C=O) groups excluding carboxylic acids is 2. The number of aryl methyl sites for hydroxylation is 2. The molecule has 0 unspecified atom stereocenters. The molecule has 0 bridgehead atoms. The molecule has 0 atom stereocenters. The normalized spacial score (nSPS) is 10.6. The van der Waals surface area contributed by atoms with E-state index in [1.165, 1.54) is 0 Å². The van der Waals surface area contributed by atoms with Crippen molar-refractivity contribution >= 4 is 23.4 Å². The third-order valence-electron chi connectivity index (χ3n) is 4.18. The monoisotopic (exact) mass is 418 g/mol. The summed E-state index contributed by atoms with van der Waals surface area (Å²) in [7, 11) is 0. The predicted octanol–water partition coefficient (Wildman–Crippen LogP) is 4.22. The number of ether oxygens (including phenoxy) is 2. The first-order valence-electron chi connectivity index (χ1n) is 9.48. The lowest BCUT2D eigenvalue weighted by Crippen LogP contribution is -2.43. The number of carbonyl (C=O) groups is 2. The molecule has 156 valence electrons. The van der Waals surface area contributed by atoms with Crippen LogP contribution in [0.25, 0.3) is 0 Å². The van der Waals surface area contributed by atoms with Crippen molar-refractivity contribution in [3.8, 4) is 11.5 Å². The summed E-state index contributed by atoms with van der Waals surface area (Å²) in [5.41, 5.74) is 6.84. The van der Waals surface area contributed by atoms with E-state index in [2.05, 4.69) is 24.7 Å². The molecule has 2 aromatic rings. The highest BCUT2D eigenvalue weighted by Crippen LogP contribution is 2.25. The second-order valence-electron chi connectivity index (χ2n) is 7.22. The number of rotatable bonds is 8. The highest BCUT2D eigenvalue weighted by Gasteiger charge is 2.10. The molecule has 0 heterocycles. The topological polar surface area (TPSA) is 76.7 Å². The number of benzene rings is 2. The van der Waals surface area contributed by atoms with Crippen LogP contribution in [0.3, 0.4) is 0 Å². The van der Waals surface area contributed by atoms with Gasteiger partial charge in [-0.15, -0.1) is 0 Å². The lowest BCUT2D eigenvalue weighted by atomic mass is 10.1. The molecule has 29 heavy (non-hydrogen) atoms. The summed E-state index contributed by atoms with van der Waals surface area (Å²) in [5.74, 6) is 0.912. The third kappa shape index (κ3) is 7.31. The van der Waals surface area contributed by atoms with E-state index in [4.69, 9.17) is 21.1 Å². The smallest absolute Gasteiger partial charge is 0.276 e. The molecule has 6 nitrogen and oxygen atoms in total. The quantitative estimate of drug-likeness (QED) is 0.629. The van der Waals surface area contributed by atoms with Gasteiger partial charge in [0.05, 0.1) is 6.61 Å². The molecular formula is C22H27ClN2O4. The average Bonchev–Trinajstić information content (AvgIpc) is 2.68. The van der Waals surface area contributed by atoms with Crippen LogP contribution in [0.15, 0.2) is 36.4 Å². The van der Waals surface area contributed by atoms with Gasteiger partial charge in [-0.3, -0.25) is 20.4 Å². The van der Waals surface area contributed by atoms with E-state index in [9.17, 15) is 9.59 Å². The summed E-state index contributed by atoms with van der Waals surface area (Å²) in [6, 6.07) is 10.2. The maximum Gasteiger partial charge on any atom is 0.276 e. The minimum Gasteiger partial charge on any atom is -0.494 e. The highest BCUT2D eigenvalue weighted by atomic mass is 35.5. The Kier molecular flexibility index (Phi) is 8.34. The molecule has 2 aromatic carbocycles. The van der Waals surface area contributed by atoms with E-state index in [1.54, 1.807) is 36.4 Å². The SMILES string of the molecule is Cc1cc(OCC(=O)NNC(=O)c2ccc(OCCC(C)C)cc2)cc(C)c1Cl. The van der Waals surface area contributed by atoms with Crippen LogP contribution in [0, 0.1) is 19.8 Å². The van der Waals surface area contributed by atoms with E-state index in [-0.39, 0.29) is 6.61 Å². The summed E-state index contributed by atoms with van der Waals surface area (Å²) in [6.07, 6.45) is 0.964. The Labute approximate surface area is 176 Å². The van der Waals surface area contributed by atoms with E-state index in [0.29, 0.717) is 34.6 Å². The number of halogens is 1. The van der Waals surface area contributed by atoms with Crippen molar-refractivity contribution in [3.63, 3.8) is 0 Å². The van der Waals surface area contributed by atoms with E-state index < -0.39 is 11.8 Å². The summed E-state index contributed by atoms with van der Waals surface area (Å²) in [4.78, 5) is 24.1. The van der Waals surface area contributed by atoms with Crippen LogP contribution < -0.4 is 20.3 Å². The van der Waals surface area contributed by atoms with Crippen LogP contribution in [0.4, 0.5) is 0 Å². The summed E-state index contributed by atoms with van der Waals surface area (Å²) in [5, 5.41) is 0.672. The van der Waals surface area contributed by atoms with Gasteiger partial charge in [0.2, 0.25) is 0 Å². The van der Waals surface area contributed by atoms with Gasteiger partial charge in [0.25, 0.3) is 11.8 Å². The first-order chi connectivity index (χ1) is 13.8. The molecule has 2 amide bonds. The van der Waals surface area contributed by atoms with E-state index in [0.717, 1.165) is 17.5 Å². The maximum atomic E-state index is 12.1. The summed E-state index contributed by atoms with van der Waals surface area (Å²) >= 11 is 6.11. The van der Waals surface area contributed by atoms with Crippen LogP contribution in [0.1, 0.15) is 41.8 Å². The van der Waals surface area contributed by atoms with Gasteiger partial charge in [-0.2, -0.15) is 0 Å². The fraction of sp³-hybridized carbons (Fsp3) is 0.364. The fourth-order valence-electron chi connectivity index (χ4n) is 2.49. The molecular weight excluding hydrogens is 392 g/mol. The van der Waals surface area contributed by atoms with Crippen molar-refractivity contribution in [2.75, 3.05) is 13.2 Å². The number of amides is 2. The van der Waals surface area contributed by atoms with Crippen molar-refractivity contribution in [1.29, 1.82) is 0 Å². The third-order valence-corrected chi connectivity index (χ3v) is 4.77. The molecule has 0 saturated heterocycles. The van der Waals surface area contributed by atoms with Gasteiger partial charge in [-0.25, -0.2) is 0 Å². The van der Waals surface area contributed by atoms with Crippen molar-refractivity contribution in [1.82, 2.24) is 10.9 Å². The molecule has 0 aliphatic rings. The Morgan fingerprint density at radius 3 is 2.17 bits per heavy atom. The zero-order chi connectivity index (χ0) is 21.4. The molecule has 0 spiro atoms. The van der Waals surface area contributed by atoms with Crippen LogP contribution in [0.2, 0.25) is 5.02 Å². The molecule has 2 N–H and O–H groups in total. The highest BCUT2D eigenvalue weighted by molar-refractivity contribution is 6.32. The standard InChI is InChI=1S/C22H27ClN2O4/c1-14(2)9-10-28-18-7-5-17(6-8-18)22(27)25-24-20(26)13-29-19-11-15(3)21(23)16(4)12-19/h5-8,11-12,14H,9-10,13H2,1-4H3,(H,24,26)(H,25,27). The van der Waals surface area contributed by atoms with Crippen molar-refractivity contribution in [2.45, 2.75) is 34.1 Å². The second-order valence-corrected chi connectivity index (χ2v) is 7.60. The molecule has 2 rings (SSSR count). The second kappa shape index (κ2) is 10.7. The zero-order valence-corrected chi connectivity index (χ0v) is 17.9. The molecule has 0 aliphatic heterocycles. The largest absolute Gasteiger partial charge is 0.494 e. The van der Waals surface area contributed by atoms with Gasteiger partial charge in [0.15, 0.2) is 6.61 Å². The van der Waals surface area contributed by atoms with Crippen molar-refractivity contribution in [2.24, 2.45) is 5.92 Å². The van der Waals surface area contributed by atoms with Gasteiger partial charge in [-0.05, 0) is 73.7 Å². The van der Waals surface area contributed by atoms with Crippen LogP contribution in [0.5, 0.6) is 11.5 Å². The average molecular weight is 419 g/mol. The Morgan fingerprint density at radius 1 is 0.966 bits per heavy atom. The maximum absolute atomic E-state index is 12.1. The first-order valence-corrected chi connectivity index (χ1v) is 9.85.